The van der Waals surface area contributed by atoms with E-state index in [2.05, 4.69) is 16.5 Å². The van der Waals surface area contributed by atoms with E-state index in [-0.39, 0.29) is 18.2 Å². The number of nitrogens with two attached hydrogens (primary N) is 1. The number of nitrogen functional groups attached to an aromatic ring is 1. The third kappa shape index (κ3) is 4.54. The average molecular weight is 313 g/mol. The van der Waals surface area contributed by atoms with Gasteiger partial charge >= 0.3 is 5.97 Å². The van der Waals surface area contributed by atoms with Gasteiger partial charge in [0.25, 0.3) is 0 Å². The van der Waals surface area contributed by atoms with Gasteiger partial charge < -0.3 is 15.2 Å². The summed E-state index contributed by atoms with van der Waals surface area (Å²) in [7, 11) is 0. The fourth-order valence-corrected chi connectivity index (χ4v) is 1.85. The second-order valence-electron chi connectivity index (χ2n) is 4.99. The molecule has 1 aromatic heterocycles. The van der Waals surface area contributed by atoms with Crippen molar-refractivity contribution in [3.05, 3.63) is 48.2 Å². The zero-order valence-electron chi connectivity index (χ0n) is 13.2. The van der Waals surface area contributed by atoms with E-state index < -0.39 is 5.97 Å². The molecule has 120 valence electrons. The number of ether oxygens (including phenoxy) is 2. The zero-order chi connectivity index (χ0) is 16.8. The first kappa shape index (κ1) is 16.5. The molecular formula is C17H19N3O3. The number of nitrogens with zero attached hydrogens (tertiary/aromatic N) is 2. The Bertz CT molecular complexity index is 712. The van der Waals surface area contributed by atoms with E-state index in [0.717, 1.165) is 16.9 Å². The van der Waals surface area contributed by atoms with Crippen molar-refractivity contribution in [2.75, 3.05) is 18.9 Å². The molecule has 2 N–H and O–H groups in total. The minimum atomic E-state index is -0.524. The van der Waals surface area contributed by atoms with Gasteiger partial charge in [-0.3, -0.25) is 0 Å². The summed E-state index contributed by atoms with van der Waals surface area (Å²) in [4.78, 5) is 19.8. The van der Waals surface area contributed by atoms with Crippen LogP contribution in [-0.2, 0) is 4.74 Å². The standard InChI is InChI=1S/C17H19N3O3/c1-4-22-16(21)15-9-14(19-17(18)20-15)12-5-7-13(8-6-12)23-10-11(2)3/h5-9H,2,4,10H2,1,3H3,(H2,18,19,20). The van der Waals surface area contributed by atoms with Crippen molar-refractivity contribution in [3.63, 3.8) is 0 Å². The third-order valence-corrected chi connectivity index (χ3v) is 2.86. The fourth-order valence-electron chi connectivity index (χ4n) is 1.85. The van der Waals surface area contributed by atoms with E-state index in [0.29, 0.717) is 12.3 Å². The summed E-state index contributed by atoms with van der Waals surface area (Å²) in [6, 6.07) is 8.87. The predicted molar refractivity (Wildman–Crippen MR) is 88.1 cm³/mol. The second-order valence-corrected chi connectivity index (χ2v) is 4.99. The molecule has 2 rings (SSSR count). The molecule has 1 aromatic carbocycles. The highest BCUT2D eigenvalue weighted by atomic mass is 16.5. The third-order valence-electron chi connectivity index (χ3n) is 2.86. The highest BCUT2D eigenvalue weighted by Crippen LogP contribution is 2.22. The van der Waals surface area contributed by atoms with Crippen molar-refractivity contribution in [1.82, 2.24) is 9.97 Å². The lowest BCUT2D eigenvalue weighted by molar-refractivity contribution is 0.0519. The van der Waals surface area contributed by atoms with Crippen LogP contribution in [0.25, 0.3) is 11.3 Å². The van der Waals surface area contributed by atoms with E-state index in [1.54, 1.807) is 13.0 Å². The Morgan fingerprint density at radius 1 is 1.26 bits per heavy atom. The average Bonchev–Trinajstić information content (AvgIpc) is 2.53. The summed E-state index contributed by atoms with van der Waals surface area (Å²) in [5.74, 6) is 0.224. The molecular weight excluding hydrogens is 294 g/mol. The molecule has 0 saturated heterocycles. The van der Waals surface area contributed by atoms with E-state index >= 15 is 0 Å². The van der Waals surface area contributed by atoms with E-state index in [9.17, 15) is 4.79 Å². The maximum atomic E-state index is 11.8. The number of anilines is 1. The van der Waals surface area contributed by atoms with Crippen LogP contribution in [0.4, 0.5) is 5.95 Å². The summed E-state index contributed by atoms with van der Waals surface area (Å²) < 4.78 is 10.5. The van der Waals surface area contributed by atoms with Crippen molar-refractivity contribution in [1.29, 1.82) is 0 Å². The first-order valence-corrected chi connectivity index (χ1v) is 7.19. The summed E-state index contributed by atoms with van der Waals surface area (Å²) in [5.41, 5.74) is 8.10. The lowest BCUT2D eigenvalue weighted by atomic mass is 10.1. The molecule has 0 atom stereocenters. The number of hydrogen-bond acceptors (Lipinski definition) is 6. The number of esters is 1. The molecule has 0 spiro atoms. The van der Waals surface area contributed by atoms with Crippen LogP contribution in [0.15, 0.2) is 42.5 Å². The molecule has 0 aliphatic carbocycles. The van der Waals surface area contributed by atoms with Crippen molar-refractivity contribution in [3.8, 4) is 17.0 Å². The molecule has 6 nitrogen and oxygen atoms in total. The van der Waals surface area contributed by atoms with Gasteiger partial charge in [0.1, 0.15) is 12.4 Å². The molecule has 23 heavy (non-hydrogen) atoms. The minimum absolute atomic E-state index is 0.0214. The molecule has 0 bridgehead atoms. The van der Waals surface area contributed by atoms with Gasteiger partial charge in [0.05, 0.1) is 12.3 Å². The number of carbonyl (C=O) groups is 1. The lowest BCUT2D eigenvalue weighted by Gasteiger charge is -2.08. The molecule has 6 heteroatoms. The SMILES string of the molecule is C=C(C)COc1ccc(-c2cc(C(=O)OCC)nc(N)n2)cc1. The summed E-state index contributed by atoms with van der Waals surface area (Å²) in [5, 5.41) is 0. The Labute approximate surface area is 135 Å². The summed E-state index contributed by atoms with van der Waals surface area (Å²) >= 11 is 0. The van der Waals surface area contributed by atoms with Crippen LogP contribution in [0, 0.1) is 0 Å². The number of aromatic nitrogens is 2. The largest absolute Gasteiger partial charge is 0.489 e. The van der Waals surface area contributed by atoms with Crippen molar-refractivity contribution in [2.45, 2.75) is 13.8 Å². The Balaban J connectivity index is 2.24. The summed E-state index contributed by atoms with van der Waals surface area (Å²) in [6.07, 6.45) is 0. The molecule has 0 amide bonds. The topological polar surface area (TPSA) is 87.3 Å². The van der Waals surface area contributed by atoms with Gasteiger partial charge in [0.2, 0.25) is 5.95 Å². The molecule has 2 aromatic rings. The second kappa shape index (κ2) is 7.40. The Kier molecular flexibility index (Phi) is 5.30. The van der Waals surface area contributed by atoms with E-state index in [4.69, 9.17) is 15.2 Å². The minimum Gasteiger partial charge on any atom is -0.489 e. The number of rotatable bonds is 6. The van der Waals surface area contributed by atoms with Gasteiger partial charge in [-0.15, -0.1) is 0 Å². The quantitative estimate of drug-likeness (QED) is 0.652. The van der Waals surface area contributed by atoms with Crippen LogP contribution in [0.5, 0.6) is 5.75 Å². The van der Waals surface area contributed by atoms with Crippen LogP contribution in [0.1, 0.15) is 24.3 Å². The highest BCUT2D eigenvalue weighted by Gasteiger charge is 2.12. The van der Waals surface area contributed by atoms with Crippen LogP contribution in [0.3, 0.4) is 0 Å². The smallest absolute Gasteiger partial charge is 0.357 e. The molecule has 0 radical (unpaired) electrons. The molecule has 0 unspecified atom stereocenters. The van der Waals surface area contributed by atoms with Crippen LogP contribution in [0.2, 0.25) is 0 Å². The van der Waals surface area contributed by atoms with Crippen molar-refractivity contribution in [2.24, 2.45) is 0 Å². The maximum Gasteiger partial charge on any atom is 0.357 e. The number of hydrogen-bond donors (Lipinski definition) is 1. The number of benzene rings is 1. The zero-order valence-corrected chi connectivity index (χ0v) is 13.2. The molecule has 0 saturated carbocycles. The fraction of sp³-hybridized carbons (Fsp3) is 0.235. The van der Waals surface area contributed by atoms with E-state index in [1.807, 2.05) is 31.2 Å². The molecule has 0 aliphatic rings. The van der Waals surface area contributed by atoms with Gasteiger partial charge in [-0.2, -0.15) is 0 Å². The summed E-state index contributed by atoms with van der Waals surface area (Å²) in [6.45, 7) is 8.15. The first-order valence-electron chi connectivity index (χ1n) is 7.19. The van der Waals surface area contributed by atoms with Crippen molar-refractivity contribution >= 4 is 11.9 Å². The Hall–Kier alpha value is -2.89. The van der Waals surface area contributed by atoms with Crippen LogP contribution < -0.4 is 10.5 Å². The van der Waals surface area contributed by atoms with Gasteiger partial charge in [-0.25, -0.2) is 14.8 Å². The van der Waals surface area contributed by atoms with E-state index in [1.165, 1.54) is 0 Å². The predicted octanol–water partition coefficient (Wildman–Crippen LogP) is 2.86. The van der Waals surface area contributed by atoms with Gasteiger partial charge in [-0.05, 0) is 49.8 Å². The Morgan fingerprint density at radius 3 is 2.57 bits per heavy atom. The molecule has 0 aliphatic heterocycles. The van der Waals surface area contributed by atoms with Gasteiger partial charge in [0.15, 0.2) is 5.69 Å². The van der Waals surface area contributed by atoms with Gasteiger partial charge in [-0.1, -0.05) is 6.58 Å². The monoisotopic (exact) mass is 313 g/mol. The van der Waals surface area contributed by atoms with Crippen LogP contribution >= 0.6 is 0 Å². The lowest BCUT2D eigenvalue weighted by Crippen LogP contribution is -2.10. The normalized spacial score (nSPS) is 10.2. The maximum absolute atomic E-state index is 11.8. The van der Waals surface area contributed by atoms with Crippen molar-refractivity contribution < 1.29 is 14.3 Å². The highest BCUT2D eigenvalue weighted by molar-refractivity contribution is 5.88. The molecule has 1 heterocycles. The van der Waals surface area contributed by atoms with Gasteiger partial charge in [0, 0.05) is 5.56 Å². The number of carbonyl (C=O) groups excluding carboxylic acids is 1. The molecule has 0 fully saturated rings. The Morgan fingerprint density at radius 2 is 1.96 bits per heavy atom. The van der Waals surface area contributed by atoms with Crippen LogP contribution in [-0.4, -0.2) is 29.2 Å². The first-order chi connectivity index (χ1) is 11.0.